The molecule has 8 atom stereocenters. The van der Waals surface area contributed by atoms with Gasteiger partial charge in [-0.2, -0.15) is 0 Å². The summed E-state index contributed by atoms with van der Waals surface area (Å²) in [5.41, 5.74) is 1.09. The molecule has 7 rings (SSSR count). The van der Waals surface area contributed by atoms with Crippen molar-refractivity contribution in [3.63, 3.8) is 0 Å². The van der Waals surface area contributed by atoms with E-state index in [9.17, 15) is 19.5 Å². The lowest BCUT2D eigenvalue weighted by molar-refractivity contribution is -0.232. The van der Waals surface area contributed by atoms with Crippen LogP contribution < -0.4 is 0 Å². The molecule has 0 radical (unpaired) electrons. The number of carboxylic acids is 1. The van der Waals surface area contributed by atoms with Crippen LogP contribution in [0, 0.1) is 50.7 Å². The molecule has 1 heterocycles. The maximum absolute atomic E-state index is 14.1. The molecule has 0 amide bonds. The van der Waals surface area contributed by atoms with Crippen molar-refractivity contribution in [2.75, 3.05) is 0 Å². The van der Waals surface area contributed by atoms with Gasteiger partial charge in [0, 0.05) is 22.4 Å². The number of hydrogen-bond donors (Lipinski definition) is 1. The van der Waals surface area contributed by atoms with Gasteiger partial charge in [0.15, 0.2) is 5.78 Å². The maximum Gasteiger partial charge on any atom is 0.309 e. The Labute approximate surface area is 313 Å². The molecule has 5 aliphatic carbocycles. The van der Waals surface area contributed by atoms with Crippen LogP contribution in [0.25, 0.3) is 11.5 Å². The van der Waals surface area contributed by atoms with Gasteiger partial charge in [-0.15, -0.1) is 10.2 Å². The van der Waals surface area contributed by atoms with E-state index in [1.807, 2.05) is 24.3 Å². The zero-order valence-corrected chi connectivity index (χ0v) is 33.3. The molecule has 0 aliphatic heterocycles. The zero-order chi connectivity index (χ0) is 37.8. The first-order chi connectivity index (χ1) is 24.2. The number of carboxylic acid groups (broad SMARTS) is 1. The van der Waals surface area contributed by atoms with Gasteiger partial charge >= 0.3 is 11.9 Å². The monoisotopic (exact) mass is 732 g/mol. The van der Waals surface area contributed by atoms with Crippen molar-refractivity contribution in [1.82, 2.24) is 10.2 Å². The third kappa shape index (κ3) is 5.30. The molecule has 8 nitrogen and oxygen atoms in total. The van der Waals surface area contributed by atoms with E-state index in [-0.39, 0.29) is 51.8 Å². The van der Waals surface area contributed by atoms with Crippen molar-refractivity contribution in [3.05, 3.63) is 46.3 Å². The van der Waals surface area contributed by atoms with E-state index >= 15 is 0 Å². The predicted molar refractivity (Wildman–Crippen MR) is 199 cm³/mol. The lowest BCUT2D eigenvalue weighted by Gasteiger charge is -2.72. The largest absolute Gasteiger partial charge is 0.481 e. The van der Waals surface area contributed by atoms with E-state index in [0.717, 1.165) is 62.5 Å². The number of carbonyl (C=O) groups is 3. The van der Waals surface area contributed by atoms with Gasteiger partial charge in [-0.3, -0.25) is 14.4 Å². The number of ether oxygens (including phenoxy) is 1. The Morgan fingerprint density at radius 2 is 1.71 bits per heavy atom. The number of fused-ring (bicyclic) bond motifs is 7. The van der Waals surface area contributed by atoms with Gasteiger partial charge < -0.3 is 14.3 Å². The van der Waals surface area contributed by atoms with Crippen LogP contribution >= 0.6 is 11.6 Å². The van der Waals surface area contributed by atoms with Crippen LogP contribution in [0.4, 0.5) is 0 Å². The third-order valence-corrected chi connectivity index (χ3v) is 15.9. The molecule has 1 aromatic carbocycles. The summed E-state index contributed by atoms with van der Waals surface area (Å²) in [4.78, 5) is 39.0. The van der Waals surface area contributed by atoms with Crippen molar-refractivity contribution in [1.29, 1.82) is 0 Å². The molecule has 1 N–H and O–H groups in total. The van der Waals surface area contributed by atoms with Crippen LogP contribution in [0.2, 0.25) is 5.02 Å². The molecule has 282 valence electrons. The number of allylic oxidation sites excluding steroid dienone is 2. The third-order valence-electron chi connectivity index (χ3n) is 15.7. The number of hydrogen-bond acceptors (Lipinski definition) is 7. The minimum absolute atomic E-state index is 0.0286. The normalized spacial score (nSPS) is 36.9. The molecule has 0 unspecified atom stereocenters. The molecule has 2 aromatic rings. The Hall–Kier alpha value is -3.00. The minimum Gasteiger partial charge on any atom is -0.481 e. The van der Waals surface area contributed by atoms with Gasteiger partial charge in [0.2, 0.25) is 11.8 Å². The fraction of sp³-hybridized carbons (Fsp3) is 0.698. The van der Waals surface area contributed by atoms with E-state index in [1.165, 1.54) is 5.57 Å². The average Bonchev–Trinajstić information content (AvgIpc) is 3.66. The number of esters is 1. The Kier molecular flexibility index (Phi) is 8.80. The quantitative estimate of drug-likeness (QED) is 0.279. The second-order valence-corrected chi connectivity index (χ2v) is 19.8. The van der Waals surface area contributed by atoms with Crippen molar-refractivity contribution in [3.8, 4) is 11.5 Å². The Bertz CT molecular complexity index is 1840. The summed E-state index contributed by atoms with van der Waals surface area (Å²) in [6, 6.07) is 7.46. The Balaban J connectivity index is 1.21. The molecule has 0 bridgehead atoms. The summed E-state index contributed by atoms with van der Waals surface area (Å²) in [6.07, 6.45) is 7.73. The molecule has 0 saturated heterocycles. The number of ketones is 1. The summed E-state index contributed by atoms with van der Waals surface area (Å²) in [7, 11) is 0. The van der Waals surface area contributed by atoms with Crippen LogP contribution in [0.15, 0.2) is 39.8 Å². The molecule has 5 aliphatic rings. The highest BCUT2D eigenvalue weighted by Crippen LogP contribution is 2.76. The van der Waals surface area contributed by atoms with E-state index < -0.39 is 22.8 Å². The molecule has 4 saturated carbocycles. The molecule has 0 spiro atoms. The first-order valence-electron chi connectivity index (χ1n) is 19.5. The van der Waals surface area contributed by atoms with E-state index in [4.69, 9.17) is 25.9 Å². The average molecular weight is 733 g/mol. The van der Waals surface area contributed by atoms with Gasteiger partial charge in [-0.05, 0) is 134 Å². The summed E-state index contributed by atoms with van der Waals surface area (Å²) in [6.45, 7) is 19.6. The number of halogens is 1. The van der Waals surface area contributed by atoms with Gasteiger partial charge in [-0.1, -0.05) is 66.1 Å². The number of carbonyl (C=O) groups excluding carboxylic acids is 2. The van der Waals surface area contributed by atoms with Gasteiger partial charge in [-0.25, -0.2) is 0 Å². The van der Waals surface area contributed by atoms with E-state index in [1.54, 1.807) is 13.8 Å². The predicted octanol–water partition coefficient (Wildman–Crippen LogP) is 10.0. The van der Waals surface area contributed by atoms with Crippen molar-refractivity contribution < 1.29 is 28.6 Å². The summed E-state index contributed by atoms with van der Waals surface area (Å²) < 4.78 is 12.7. The number of nitrogens with zero attached hydrogens (tertiary/aromatic N) is 2. The maximum atomic E-state index is 14.1. The number of aliphatic carboxylic acids is 1. The van der Waals surface area contributed by atoms with Crippen LogP contribution in [-0.4, -0.2) is 39.1 Å². The topological polar surface area (TPSA) is 120 Å². The van der Waals surface area contributed by atoms with Crippen LogP contribution in [0.3, 0.4) is 0 Å². The Morgan fingerprint density at radius 3 is 2.38 bits per heavy atom. The highest BCUT2D eigenvalue weighted by atomic mass is 35.5. The first-order valence-corrected chi connectivity index (χ1v) is 19.9. The van der Waals surface area contributed by atoms with Crippen LogP contribution in [0.1, 0.15) is 132 Å². The molecular weight excluding hydrogens is 676 g/mol. The number of Topliss-reactive ketones (excluding diaryl/α,β-unsaturated/α-hetero) is 1. The molecule has 9 heteroatoms. The van der Waals surface area contributed by atoms with Crippen molar-refractivity contribution >= 4 is 29.3 Å². The molecular formula is C43H57ClN2O6. The second-order valence-electron chi connectivity index (χ2n) is 19.4. The van der Waals surface area contributed by atoms with Crippen LogP contribution in [-0.2, 0) is 24.5 Å². The SMILES string of the molecule is CC(C)C1=C2[C@H]3CC[C@@H]4[C@@]5(C)CC[C@H](OC(=O)CC(C)(C)C(=O)O)C(C)(C)[C@@H]5CC[C@@]4(C)[C@]3(C)CC[C@@]2(c2nnc(-c3cccc(Cl)c3)o2)CC1=O. The number of benzene rings is 1. The first kappa shape index (κ1) is 37.3. The molecule has 52 heavy (non-hydrogen) atoms. The van der Waals surface area contributed by atoms with Gasteiger partial charge in [0.25, 0.3) is 0 Å². The van der Waals surface area contributed by atoms with Gasteiger partial charge in [0.05, 0.1) is 17.3 Å². The second kappa shape index (κ2) is 12.3. The highest BCUT2D eigenvalue weighted by molar-refractivity contribution is 6.30. The molecule has 4 fully saturated rings. The fourth-order valence-electron chi connectivity index (χ4n) is 12.9. The highest BCUT2D eigenvalue weighted by Gasteiger charge is 2.71. The smallest absolute Gasteiger partial charge is 0.309 e. The van der Waals surface area contributed by atoms with Crippen molar-refractivity contribution in [2.24, 2.45) is 50.7 Å². The van der Waals surface area contributed by atoms with Crippen molar-refractivity contribution in [2.45, 2.75) is 138 Å². The standard InChI is InChI=1S/C43H57ClN2O6/c1-24(2)33-28(47)22-43(36-46-45-35(52-36)25-11-10-12-26(44)21-25)20-19-41(8)27(34(33)43)13-14-30-40(7)17-16-31(51-32(48)23-38(3,4)37(49)50)39(5,6)29(40)15-18-42(30,41)9/h10-12,21,24,27,29-31H,13-20,22-23H2,1-9H3,(H,49,50)/t27-,29+,30-,31+,40+,41-,42-,43-/m1/s1. The zero-order valence-electron chi connectivity index (χ0n) is 32.5. The minimum atomic E-state index is -1.17. The van der Waals surface area contributed by atoms with E-state index in [0.29, 0.717) is 35.1 Å². The summed E-state index contributed by atoms with van der Waals surface area (Å²) >= 11 is 6.32. The summed E-state index contributed by atoms with van der Waals surface area (Å²) in [5.74, 6) is 0.976. The lowest BCUT2D eigenvalue weighted by Crippen LogP contribution is -2.66. The number of rotatable bonds is 7. The fourth-order valence-corrected chi connectivity index (χ4v) is 13.0. The number of aromatic nitrogens is 2. The van der Waals surface area contributed by atoms with E-state index in [2.05, 4.69) is 53.6 Å². The van der Waals surface area contributed by atoms with Crippen LogP contribution in [0.5, 0.6) is 0 Å². The Morgan fingerprint density at radius 1 is 0.981 bits per heavy atom. The lowest BCUT2D eigenvalue weighted by atomic mass is 9.33. The summed E-state index contributed by atoms with van der Waals surface area (Å²) in [5, 5.41) is 19.4. The molecule has 1 aromatic heterocycles. The van der Waals surface area contributed by atoms with Gasteiger partial charge in [0.1, 0.15) is 6.10 Å².